The van der Waals surface area contributed by atoms with Gasteiger partial charge in [0.15, 0.2) is 17.3 Å². The van der Waals surface area contributed by atoms with Crippen LogP contribution in [-0.4, -0.2) is 29.1 Å². The van der Waals surface area contributed by atoms with Crippen LogP contribution in [0.2, 0.25) is 0 Å². The van der Waals surface area contributed by atoms with E-state index in [0.29, 0.717) is 22.5 Å². The summed E-state index contributed by atoms with van der Waals surface area (Å²) in [7, 11) is 3.20. The highest BCUT2D eigenvalue weighted by Crippen LogP contribution is 2.32. The normalized spacial score (nSPS) is 10.8. The molecule has 6 nitrogen and oxygen atoms in total. The van der Waals surface area contributed by atoms with Gasteiger partial charge in [-0.1, -0.05) is 35.5 Å². The first-order valence-corrected chi connectivity index (χ1v) is 9.14. The van der Waals surface area contributed by atoms with Crippen LogP contribution in [0.4, 0.5) is 0 Å². The lowest BCUT2D eigenvalue weighted by atomic mass is 10.1. The Morgan fingerprint density at radius 2 is 1.77 bits per heavy atom. The van der Waals surface area contributed by atoms with Gasteiger partial charge in [-0.3, -0.25) is 0 Å². The second-order valence-corrected chi connectivity index (χ2v) is 6.91. The molecule has 0 saturated carbocycles. The second kappa shape index (κ2) is 7.70. The maximum absolute atomic E-state index is 6.23. The summed E-state index contributed by atoms with van der Waals surface area (Å²) in [5.74, 6) is 8.87. The van der Waals surface area contributed by atoms with Gasteiger partial charge in [0.05, 0.1) is 14.2 Å². The van der Waals surface area contributed by atoms with Gasteiger partial charge in [-0.25, -0.2) is 4.68 Å². The fraction of sp³-hybridized carbons (Fsp3) is 0.263. The van der Waals surface area contributed by atoms with E-state index in [1.165, 1.54) is 21.4 Å². The first-order valence-electron chi connectivity index (χ1n) is 8.15. The number of nitrogens with zero attached hydrogens (tertiary/aromatic N) is 3. The maximum atomic E-state index is 6.23. The van der Waals surface area contributed by atoms with Crippen molar-refractivity contribution in [3.63, 3.8) is 0 Å². The van der Waals surface area contributed by atoms with Crippen molar-refractivity contribution in [1.29, 1.82) is 0 Å². The average molecular weight is 370 g/mol. The molecule has 2 aromatic carbocycles. The van der Waals surface area contributed by atoms with Crippen LogP contribution in [0.5, 0.6) is 11.5 Å². The zero-order chi connectivity index (χ0) is 18.7. The van der Waals surface area contributed by atoms with Crippen LogP contribution >= 0.6 is 11.8 Å². The first kappa shape index (κ1) is 18.1. The van der Waals surface area contributed by atoms with Crippen LogP contribution in [0.15, 0.2) is 41.6 Å². The van der Waals surface area contributed by atoms with Crippen LogP contribution in [0.3, 0.4) is 0 Å². The summed E-state index contributed by atoms with van der Waals surface area (Å²) in [4.78, 5) is 0. The number of benzene rings is 2. The number of aromatic nitrogens is 3. The number of aryl methyl sites for hydroxylation is 2. The Morgan fingerprint density at radius 1 is 1.00 bits per heavy atom. The SMILES string of the molecule is COc1ccc(-c2nnc(SCc3cc(C)ccc3C)n2N)cc1OC. The van der Waals surface area contributed by atoms with Crippen LogP contribution in [-0.2, 0) is 5.75 Å². The van der Waals surface area contributed by atoms with Gasteiger partial charge in [-0.2, -0.15) is 0 Å². The molecule has 7 heteroatoms. The second-order valence-electron chi connectivity index (χ2n) is 5.96. The minimum Gasteiger partial charge on any atom is -0.493 e. The van der Waals surface area contributed by atoms with E-state index in [2.05, 4.69) is 42.2 Å². The third-order valence-electron chi connectivity index (χ3n) is 4.17. The summed E-state index contributed by atoms with van der Waals surface area (Å²) in [6, 6.07) is 12.0. The lowest BCUT2D eigenvalue weighted by Gasteiger charge is -2.09. The average Bonchev–Trinajstić information content (AvgIpc) is 3.02. The van der Waals surface area contributed by atoms with E-state index in [9.17, 15) is 0 Å². The van der Waals surface area contributed by atoms with E-state index in [0.717, 1.165) is 11.3 Å². The Morgan fingerprint density at radius 3 is 2.50 bits per heavy atom. The van der Waals surface area contributed by atoms with Gasteiger partial charge >= 0.3 is 0 Å². The molecular formula is C19H22N4O2S. The molecule has 26 heavy (non-hydrogen) atoms. The number of thioether (sulfide) groups is 1. The van der Waals surface area contributed by atoms with Crippen molar-refractivity contribution in [3.05, 3.63) is 53.1 Å². The Balaban J connectivity index is 1.83. The number of nitrogen functional groups attached to an aromatic ring is 1. The number of nitrogens with two attached hydrogens (primary N) is 1. The fourth-order valence-electron chi connectivity index (χ4n) is 2.65. The summed E-state index contributed by atoms with van der Waals surface area (Å²) >= 11 is 1.56. The van der Waals surface area contributed by atoms with Crippen LogP contribution in [0.25, 0.3) is 11.4 Å². The lowest BCUT2D eigenvalue weighted by molar-refractivity contribution is 0.355. The Kier molecular flexibility index (Phi) is 5.37. The molecule has 0 aliphatic carbocycles. The highest BCUT2D eigenvalue weighted by atomic mass is 32.2. The van der Waals surface area contributed by atoms with Crippen LogP contribution in [0.1, 0.15) is 16.7 Å². The molecule has 0 aliphatic heterocycles. The summed E-state index contributed by atoms with van der Waals surface area (Å²) in [5, 5.41) is 9.14. The van der Waals surface area contributed by atoms with Gasteiger partial charge in [0.1, 0.15) is 0 Å². The van der Waals surface area contributed by atoms with E-state index in [1.54, 1.807) is 26.0 Å². The van der Waals surface area contributed by atoms with Crippen LogP contribution < -0.4 is 15.3 Å². The molecule has 0 bridgehead atoms. The van der Waals surface area contributed by atoms with E-state index in [4.69, 9.17) is 15.3 Å². The molecule has 0 atom stereocenters. The first-order chi connectivity index (χ1) is 12.5. The Labute approximate surface area is 157 Å². The largest absolute Gasteiger partial charge is 0.493 e. The zero-order valence-electron chi connectivity index (χ0n) is 15.3. The minimum atomic E-state index is 0.578. The van der Waals surface area contributed by atoms with E-state index >= 15 is 0 Å². The van der Waals surface area contributed by atoms with Crippen LogP contribution in [0, 0.1) is 13.8 Å². The smallest absolute Gasteiger partial charge is 0.210 e. The highest BCUT2D eigenvalue weighted by molar-refractivity contribution is 7.98. The van der Waals surface area contributed by atoms with E-state index in [-0.39, 0.29) is 0 Å². The van der Waals surface area contributed by atoms with Crippen molar-refractivity contribution in [2.45, 2.75) is 24.8 Å². The quantitative estimate of drug-likeness (QED) is 0.528. The number of rotatable bonds is 6. The van der Waals surface area contributed by atoms with Crippen molar-refractivity contribution in [1.82, 2.24) is 14.9 Å². The lowest BCUT2D eigenvalue weighted by Crippen LogP contribution is -2.11. The highest BCUT2D eigenvalue weighted by Gasteiger charge is 2.15. The summed E-state index contributed by atoms with van der Waals surface area (Å²) < 4.78 is 12.1. The number of hydrogen-bond donors (Lipinski definition) is 1. The van der Waals surface area contributed by atoms with Crippen molar-refractivity contribution >= 4 is 11.8 Å². The monoisotopic (exact) mass is 370 g/mol. The molecule has 0 amide bonds. The molecule has 136 valence electrons. The predicted octanol–water partition coefficient (Wildman–Crippen LogP) is 3.59. The number of hydrogen-bond acceptors (Lipinski definition) is 6. The molecular weight excluding hydrogens is 348 g/mol. The maximum Gasteiger partial charge on any atom is 0.210 e. The van der Waals surface area contributed by atoms with Crippen molar-refractivity contribution < 1.29 is 9.47 Å². The van der Waals surface area contributed by atoms with Gasteiger partial charge in [-0.15, -0.1) is 10.2 Å². The molecule has 0 fully saturated rings. The fourth-order valence-corrected chi connectivity index (χ4v) is 3.57. The summed E-state index contributed by atoms with van der Waals surface area (Å²) in [5.41, 5.74) is 4.58. The van der Waals surface area contributed by atoms with Crippen molar-refractivity contribution in [2.24, 2.45) is 0 Å². The number of ether oxygens (including phenoxy) is 2. The summed E-state index contributed by atoms with van der Waals surface area (Å²) in [6.07, 6.45) is 0. The molecule has 2 N–H and O–H groups in total. The third-order valence-corrected chi connectivity index (χ3v) is 5.16. The standard InChI is InChI=1S/C19H22N4O2S/c1-12-5-6-13(2)15(9-12)11-26-19-22-21-18(23(19)20)14-7-8-16(24-3)17(10-14)25-4/h5-10H,11,20H2,1-4H3. The molecule has 0 unspecified atom stereocenters. The molecule has 0 saturated heterocycles. The van der Waals surface area contributed by atoms with Crippen molar-refractivity contribution in [2.75, 3.05) is 20.1 Å². The minimum absolute atomic E-state index is 0.578. The van der Waals surface area contributed by atoms with Gasteiger partial charge in [0.2, 0.25) is 5.16 Å². The van der Waals surface area contributed by atoms with E-state index in [1.807, 2.05) is 18.2 Å². The molecule has 3 rings (SSSR count). The summed E-state index contributed by atoms with van der Waals surface area (Å²) in [6.45, 7) is 4.20. The van der Waals surface area contributed by atoms with Gasteiger partial charge in [-0.05, 0) is 43.2 Å². The molecule has 1 aromatic heterocycles. The Hall–Kier alpha value is -2.67. The van der Waals surface area contributed by atoms with Gasteiger partial charge < -0.3 is 15.3 Å². The topological polar surface area (TPSA) is 75.2 Å². The number of methoxy groups -OCH3 is 2. The molecule has 0 spiro atoms. The zero-order valence-corrected chi connectivity index (χ0v) is 16.1. The van der Waals surface area contributed by atoms with Gasteiger partial charge in [0, 0.05) is 11.3 Å². The molecule has 0 radical (unpaired) electrons. The Bertz CT molecular complexity index is 924. The molecule has 0 aliphatic rings. The van der Waals surface area contributed by atoms with Gasteiger partial charge in [0.25, 0.3) is 0 Å². The molecule has 3 aromatic rings. The van der Waals surface area contributed by atoms with E-state index < -0.39 is 0 Å². The molecule has 1 heterocycles. The predicted molar refractivity (Wildman–Crippen MR) is 104 cm³/mol. The third kappa shape index (κ3) is 3.62. The van der Waals surface area contributed by atoms with Crippen molar-refractivity contribution in [3.8, 4) is 22.9 Å².